The lowest BCUT2D eigenvalue weighted by atomic mass is 10.2. The minimum absolute atomic E-state index is 0.0345. The Morgan fingerprint density at radius 3 is 2.53 bits per heavy atom. The van der Waals surface area contributed by atoms with E-state index in [-0.39, 0.29) is 30.2 Å². The van der Waals surface area contributed by atoms with Crippen LogP contribution in [0.2, 0.25) is 0 Å². The van der Waals surface area contributed by atoms with Gasteiger partial charge in [-0.3, -0.25) is 4.57 Å². The third-order valence-electron chi connectivity index (χ3n) is 4.23. The highest BCUT2D eigenvalue weighted by atomic mass is 32.1. The van der Waals surface area contributed by atoms with Crippen LogP contribution in [-0.4, -0.2) is 19.3 Å². The highest BCUT2D eigenvalue weighted by molar-refractivity contribution is 7.13. The van der Waals surface area contributed by atoms with Gasteiger partial charge in [-0.15, -0.1) is 11.3 Å². The third kappa shape index (κ3) is 3.92. The fourth-order valence-electron chi connectivity index (χ4n) is 2.75. The Balaban J connectivity index is 1.54. The monoisotopic (exact) mass is 433 g/mol. The molecule has 0 aliphatic rings. The molecule has 2 aromatic carbocycles. The molecule has 0 unspecified atom stereocenters. The van der Waals surface area contributed by atoms with Gasteiger partial charge in [0, 0.05) is 17.0 Å². The molecule has 0 spiro atoms. The summed E-state index contributed by atoms with van der Waals surface area (Å²) in [5, 5.41) is 5.99. The lowest BCUT2D eigenvalue weighted by molar-refractivity contribution is 0.286. The first-order valence-corrected chi connectivity index (χ1v) is 9.50. The van der Waals surface area contributed by atoms with E-state index < -0.39 is 23.1 Å². The predicted octanol–water partition coefficient (Wildman–Crippen LogP) is 3.12. The first-order chi connectivity index (χ1) is 14.4. The number of anilines is 1. The molecule has 2 aromatic heterocycles. The van der Waals surface area contributed by atoms with E-state index in [9.17, 15) is 18.0 Å². The summed E-state index contributed by atoms with van der Waals surface area (Å²) in [7, 11) is 0. The number of thiazole rings is 1. The number of nitrogens with two attached hydrogens (primary N) is 1. The second-order valence-electron chi connectivity index (χ2n) is 6.23. The molecule has 0 atom stereocenters. The van der Waals surface area contributed by atoms with Gasteiger partial charge in [-0.05, 0) is 24.3 Å². The zero-order valence-electron chi connectivity index (χ0n) is 15.3. The molecule has 0 radical (unpaired) electrons. The summed E-state index contributed by atoms with van der Waals surface area (Å²) in [5.74, 6) is -2.29. The van der Waals surface area contributed by atoms with E-state index in [0.717, 1.165) is 33.8 Å². The number of hydrogen-bond donors (Lipinski definition) is 1. The molecule has 0 saturated heterocycles. The van der Waals surface area contributed by atoms with E-state index >= 15 is 0 Å². The van der Waals surface area contributed by atoms with E-state index in [1.54, 1.807) is 5.38 Å². The standard InChI is InChI=1S/C19H14F3N5O2S/c20-14-2-1-3-15(21)13(14)7-26-10-24-27(19(26)28)12-4-5-17(16(22)6-12)29-8-11-9-30-18(23)25-11/h1-6,9-10H,7-8H2,(H2,23,25). The minimum atomic E-state index is -0.774. The van der Waals surface area contributed by atoms with Gasteiger partial charge in [-0.25, -0.2) is 22.9 Å². The van der Waals surface area contributed by atoms with E-state index in [1.165, 1.54) is 29.5 Å². The number of nitrogen functional groups attached to an aromatic ring is 1. The molecule has 0 amide bonds. The number of rotatable bonds is 6. The summed E-state index contributed by atoms with van der Waals surface area (Å²) in [6.45, 7) is -0.315. The van der Waals surface area contributed by atoms with Crippen LogP contribution in [-0.2, 0) is 13.2 Å². The average molecular weight is 433 g/mol. The van der Waals surface area contributed by atoms with Crippen molar-refractivity contribution >= 4 is 16.5 Å². The van der Waals surface area contributed by atoms with Crippen LogP contribution < -0.4 is 16.2 Å². The molecule has 0 aliphatic heterocycles. The fraction of sp³-hybridized carbons (Fsp3) is 0.105. The van der Waals surface area contributed by atoms with Gasteiger partial charge in [0.2, 0.25) is 0 Å². The van der Waals surface area contributed by atoms with Crippen LogP contribution in [0.1, 0.15) is 11.3 Å². The van der Waals surface area contributed by atoms with Crippen molar-refractivity contribution in [2.24, 2.45) is 0 Å². The van der Waals surface area contributed by atoms with Crippen molar-refractivity contribution in [1.29, 1.82) is 0 Å². The molecule has 0 aliphatic carbocycles. The van der Waals surface area contributed by atoms with Crippen LogP contribution in [0, 0.1) is 17.5 Å². The zero-order valence-corrected chi connectivity index (χ0v) is 16.1. The van der Waals surface area contributed by atoms with Crippen LogP contribution in [0.4, 0.5) is 18.3 Å². The van der Waals surface area contributed by atoms with Gasteiger partial charge in [-0.2, -0.15) is 9.78 Å². The Morgan fingerprint density at radius 1 is 1.10 bits per heavy atom. The highest BCUT2D eigenvalue weighted by Gasteiger charge is 2.15. The molecule has 2 heterocycles. The van der Waals surface area contributed by atoms with E-state index in [2.05, 4.69) is 10.1 Å². The highest BCUT2D eigenvalue weighted by Crippen LogP contribution is 2.22. The first-order valence-electron chi connectivity index (χ1n) is 8.62. The van der Waals surface area contributed by atoms with Crippen molar-refractivity contribution < 1.29 is 17.9 Å². The molecular formula is C19H14F3N5O2S. The van der Waals surface area contributed by atoms with Gasteiger partial charge in [-0.1, -0.05) is 6.07 Å². The zero-order chi connectivity index (χ0) is 21.3. The number of benzene rings is 2. The maximum absolute atomic E-state index is 14.4. The summed E-state index contributed by atoms with van der Waals surface area (Å²) in [5.41, 5.74) is 5.29. The number of halogens is 3. The van der Waals surface area contributed by atoms with Crippen LogP contribution in [0.5, 0.6) is 5.75 Å². The molecule has 0 bridgehead atoms. The quantitative estimate of drug-likeness (QED) is 0.505. The normalized spacial score (nSPS) is 11.0. The van der Waals surface area contributed by atoms with Crippen molar-refractivity contribution in [2.45, 2.75) is 13.2 Å². The third-order valence-corrected chi connectivity index (χ3v) is 4.95. The van der Waals surface area contributed by atoms with Crippen LogP contribution in [0.25, 0.3) is 5.69 Å². The molecular weight excluding hydrogens is 419 g/mol. The van der Waals surface area contributed by atoms with Gasteiger partial charge < -0.3 is 10.5 Å². The summed E-state index contributed by atoms with van der Waals surface area (Å²) < 4.78 is 49.4. The molecule has 2 N–H and O–H groups in total. The Hall–Kier alpha value is -3.60. The van der Waals surface area contributed by atoms with Crippen molar-refractivity contribution in [1.82, 2.24) is 19.3 Å². The second kappa shape index (κ2) is 8.03. The van der Waals surface area contributed by atoms with Gasteiger partial charge in [0.1, 0.15) is 24.6 Å². The SMILES string of the molecule is Nc1nc(COc2ccc(-n3ncn(Cc4c(F)cccc4F)c3=O)cc2F)cs1. The summed E-state index contributed by atoms with van der Waals surface area (Å²) in [4.78, 5) is 16.6. The Kier molecular flexibility index (Phi) is 5.27. The Bertz CT molecular complexity index is 1250. The fourth-order valence-corrected chi connectivity index (χ4v) is 3.30. The van der Waals surface area contributed by atoms with Crippen molar-refractivity contribution in [3.8, 4) is 11.4 Å². The number of aromatic nitrogens is 4. The topological polar surface area (TPSA) is 88.0 Å². The van der Waals surface area contributed by atoms with E-state index in [0.29, 0.717) is 10.8 Å². The first kappa shape index (κ1) is 19.7. The predicted molar refractivity (Wildman–Crippen MR) is 104 cm³/mol. The van der Waals surface area contributed by atoms with Crippen molar-refractivity contribution in [2.75, 3.05) is 5.73 Å². The molecule has 4 aromatic rings. The molecule has 30 heavy (non-hydrogen) atoms. The number of nitrogens with zero attached hydrogens (tertiary/aromatic N) is 4. The molecule has 0 saturated carbocycles. The molecule has 154 valence electrons. The van der Waals surface area contributed by atoms with Gasteiger partial charge in [0.05, 0.1) is 17.9 Å². The molecule has 11 heteroatoms. The van der Waals surface area contributed by atoms with Crippen LogP contribution >= 0.6 is 11.3 Å². The lowest BCUT2D eigenvalue weighted by Gasteiger charge is -2.07. The summed E-state index contributed by atoms with van der Waals surface area (Å²) >= 11 is 1.25. The van der Waals surface area contributed by atoms with Crippen molar-refractivity contribution in [3.05, 3.63) is 87.3 Å². The van der Waals surface area contributed by atoms with Gasteiger partial charge >= 0.3 is 5.69 Å². The minimum Gasteiger partial charge on any atom is -0.484 e. The lowest BCUT2D eigenvalue weighted by Crippen LogP contribution is -2.24. The maximum Gasteiger partial charge on any atom is 0.350 e. The van der Waals surface area contributed by atoms with E-state index in [4.69, 9.17) is 10.5 Å². The van der Waals surface area contributed by atoms with Crippen LogP contribution in [0.3, 0.4) is 0 Å². The number of ether oxygens (including phenoxy) is 1. The smallest absolute Gasteiger partial charge is 0.350 e. The molecule has 4 rings (SSSR count). The summed E-state index contributed by atoms with van der Waals surface area (Å²) in [6, 6.07) is 7.30. The second-order valence-corrected chi connectivity index (χ2v) is 7.12. The summed E-state index contributed by atoms with van der Waals surface area (Å²) in [6.07, 6.45) is 1.13. The van der Waals surface area contributed by atoms with Crippen LogP contribution in [0.15, 0.2) is 52.9 Å². The molecule has 0 fully saturated rings. The number of hydrogen-bond acceptors (Lipinski definition) is 6. The molecule has 7 nitrogen and oxygen atoms in total. The van der Waals surface area contributed by atoms with Gasteiger partial charge in [0.25, 0.3) is 0 Å². The van der Waals surface area contributed by atoms with E-state index in [1.807, 2.05) is 0 Å². The Morgan fingerprint density at radius 2 is 1.87 bits per heavy atom. The van der Waals surface area contributed by atoms with Crippen molar-refractivity contribution in [3.63, 3.8) is 0 Å². The maximum atomic E-state index is 14.4. The Labute approximate surface area is 171 Å². The largest absolute Gasteiger partial charge is 0.484 e. The van der Waals surface area contributed by atoms with Gasteiger partial charge in [0.15, 0.2) is 16.7 Å². The average Bonchev–Trinajstić information content (AvgIpc) is 3.29.